The number of aryl methyl sites for hydroxylation is 1. The molecule has 4 rings (SSSR count). The van der Waals surface area contributed by atoms with Crippen molar-refractivity contribution in [1.29, 1.82) is 0 Å². The van der Waals surface area contributed by atoms with Gasteiger partial charge in [-0.05, 0) is 48.4 Å². The summed E-state index contributed by atoms with van der Waals surface area (Å²) in [6.45, 7) is 4.54. The predicted octanol–water partition coefficient (Wildman–Crippen LogP) is 9.63. The molecule has 1 aromatic heterocycles. The summed E-state index contributed by atoms with van der Waals surface area (Å²) in [5.41, 5.74) is 4.63. The maximum absolute atomic E-state index is 6.71. The molecular formula is C34H46N2O. The van der Waals surface area contributed by atoms with E-state index in [1.54, 1.807) is 0 Å². The molecule has 0 radical (unpaired) electrons. The number of para-hydroxylation sites is 1. The summed E-state index contributed by atoms with van der Waals surface area (Å²) in [6, 6.07) is 17.4. The Morgan fingerprint density at radius 2 is 1.32 bits per heavy atom. The molecule has 0 fully saturated rings. The minimum atomic E-state index is -0.269. The Balaban J connectivity index is 1.38. The van der Waals surface area contributed by atoms with Gasteiger partial charge in [0.15, 0.2) is 5.82 Å². The molecule has 2 aromatic carbocycles. The van der Waals surface area contributed by atoms with E-state index < -0.39 is 0 Å². The highest BCUT2D eigenvalue weighted by Crippen LogP contribution is 2.44. The van der Waals surface area contributed by atoms with Crippen molar-refractivity contribution in [2.24, 2.45) is 0 Å². The van der Waals surface area contributed by atoms with Gasteiger partial charge in [-0.25, -0.2) is 9.97 Å². The molecule has 198 valence electrons. The summed E-state index contributed by atoms with van der Waals surface area (Å²) >= 11 is 0. The number of hydrogen-bond acceptors (Lipinski definition) is 3. The van der Waals surface area contributed by atoms with E-state index in [9.17, 15) is 0 Å². The second-order valence-electron chi connectivity index (χ2n) is 10.9. The molecule has 3 aromatic rings. The van der Waals surface area contributed by atoms with E-state index in [-0.39, 0.29) is 5.60 Å². The zero-order chi connectivity index (χ0) is 25.8. The van der Waals surface area contributed by atoms with Gasteiger partial charge in [-0.1, -0.05) is 121 Å². The SMILES string of the molecule is CCCCCCCCc1cnc(-c2ccc(C3(CCCCCCCC)Cc4ccccc4O3)cc2)nc1. The van der Waals surface area contributed by atoms with E-state index in [0.717, 1.165) is 36.4 Å². The molecule has 0 saturated carbocycles. The molecule has 37 heavy (non-hydrogen) atoms. The van der Waals surface area contributed by atoms with Gasteiger partial charge in [-0.3, -0.25) is 0 Å². The molecule has 0 N–H and O–H groups in total. The van der Waals surface area contributed by atoms with Crippen LogP contribution in [0.1, 0.15) is 114 Å². The fourth-order valence-electron chi connectivity index (χ4n) is 5.60. The lowest BCUT2D eigenvalue weighted by Crippen LogP contribution is -2.31. The molecule has 3 heteroatoms. The average Bonchev–Trinajstić information content (AvgIpc) is 3.33. The van der Waals surface area contributed by atoms with E-state index in [1.807, 2.05) is 12.4 Å². The smallest absolute Gasteiger partial charge is 0.159 e. The molecule has 0 aliphatic carbocycles. The second kappa shape index (κ2) is 14.3. The summed E-state index contributed by atoms with van der Waals surface area (Å²) in [6.07, 6.45) is 22.8. The maximum atomic E-state index is 6.71. The summed E-state index contributed by atoms with van der Waals surface area (Å²) < 4.78 is 6.71. The molecule has 3 nitrogen and oxygen atoms in total. The molecule has 0 spiro atoms. The molecule has 1 aliphatic heterocycles. The van der Waals surface area contributed by atoms with Crippen LogP contribution in [0.5, 0.6) is 5.75 Å². The van der Waals surface area contributed by atoms with Gasteiger partial charge in [0.1, 0.15) is 11.4 Å². The van der Waals surface area contributed by atoms with Gasteiger partial charge in [-0.15, -0.1) is 0 Å². The van der Waals surface area contributed by atoms with Crippen molar-refractivity contribution in [1.82, 2.24) is 9.97 Å². The number of benzene rings is 2. The van der Waals surface area contributed by atoms with E-state index in [4.69, 9.17) is 14.7 Å². The van der Waals surface area contributed by atoms with E-state index in [1.165, 1.54) is 93.7 Å². The number of nitrogens with zero attached hydrogens (tertiary/aromatic N) is 2. The number of rotatable bonds is 16. The molecule has 1 atom stereocenters. The van der Waals surface area contributed by atoms with Crippen molar-refractivity contribution in [2.45, 2.75) is 116 Å². The van der Waals surface area contributed by atoms with E-state index in [0.29, 0.717) is 0 Å². The molecule has 0 saturated heterocycles. The van der Waals surface area contributed by atoms with E-state index >= 15 is 0 Å². The van der Waals surface area contributed by atoms with Gasteiger partial charge in [0.2, 0.25) is 0 Å². The third kappa shape index (κ3) is 7.66. The van der Waals surface area contributed by atoms with Gasteiger partial charge >= 0.3 is 0 Å². The van der Waals surface area contributed by atoms with Gasteiger partial charge in [0.05, 0.1) is 0 Å². The lowest BCUT2D eigenvalue weighted by Gasteiger charge is -2.30. The summed E-state index contributed by atoms with van der Waals surface area (Å²) in [5, 5.41) is 0. The first-order valence-corrected chi connectivity index (χ1v) is 14.9. The Bertz CT molecular complexity index is 1030. The molecular weight excluding hydrogens is 452 g/mol. The Morgan fingerprint density at radius 3 is 2.00 bits per heavy atom. The number of ether oxygens (including phenoxy) is 1. The van der Waals surface area contributed by atoms with Gasteiger partial charge in [0, 0.05) is 24.4 Å². The van der Waals surface area contributed by atoms with Crippen LogP contribution in [0.2, 0.25) is 0 Å². The fraction of sp³-hybridized carbons (Fsp3) is 0.529. The van der Waals surface area contributed by atoms with Crippen molar-refractivity contribution >= 4 is 0 Å². The third-order valence-corrected chi connectivity index (χ3v) is 7.88. The average molecular weight is 499 g/mol. The van der Waals surface area contributed by atoms with Crippen LogP contribution >= 0.6 is 0 Å². The summed E-state index contributed by atoms with van der Waals surface area (Å²) in [5.74, 6) is 1.85. The minimum absolute atomic E-state index is 0.269. The quantitative estimate of drug-likeness (QED) is 0.184. The molecule has 0 amide bonds. The topological polar surface area (TPSA) is 35.0 Å². The van der Waals surface area contributed by atoms with Crippen LogP contribution in [-0.2, 0) is 18.4 Å². The lowest BCUT2D eigenvalue weighted by atomic mass is 9.84. The van der Waals surface area contributed by atoms with Crippen molar-refractivity contribution in [2.75, 3.05) is 0 Å². The van der Waals surface area contributed by atoms with Gasteiger partial charge in [0.25, 0.3) is 0 Å². The number of hydrogen-bond donors (Lipinski definition) is 0. The van der Waals surface area contributed by atoms with Crippen LogP contribution in [0.25, 0.3) is 11.4 Å². The Morgan fingerprint density at radius 1 is 0.703 bits per heavy atom. The first-order valence-electron chi connectivity index (χ1n) is 14.9. The van der Waals surface area contributed by atoms with Crippen LogP contribution in [0.4, 0.5) is 0 Å². The highest BCUT2D eigenvalue weighted by atomic mass is 16.5. The van der Waals surface area contributed by atoms with Crippen molar-refractivity contribution in [3.8, 4) is 17.1 Å². The standard InChI is InChI=1S/C34H46N2O/c1-3-5-7-9-11-13-17-28-26-35-33(36-27-28)29-20-22-31(23-21-29)34(24-16-12-10-8-6-4-2)25-30-18-14-15-19-32(30)37-34/h14-15,18-23,26-27H,3-13,16-17,24-25H2,1-2H3. The van der Waals surface area contributed by atoms with Gasteiger partial charge < -0.3 is 4.74 Å². The molecule has 1 aliphatic rings. The summed E-state index contributed by atoms with van der Waals surface area (Å²) in [7, 11) is 0. The Kier molecular flexibility index (Phi) is 10.6. The normalized spacial score (nSPS) is 16.5. The zero-order valence-corrected chi connectivity index (χ0v) is 23.2. The third-order valence-electron chi connectivity index (χ3n) is 7.88. The van der Waals surface area contributed by atoms with Crippen molar-refractivity contribution < 1.29 is 4.74 Å². The second-order valence-corrected chi connectivity index (χ2v) is 10.9. The largest absolute Gasteiger partial charge is 0.482 e. The zero-order valence-electron chi connectivity index (χ0n) is 23.2. The van der Waals surface area contributed by atoms with Crippen LogP contribution in [-0.4, -0.2) is 9.97 Å². The first kappa shape index (κ1) is 27.4. The van der Waals surface area contributed by atoms with Crippen LogP contribution in [0, 0.1) is 0 Å². The van der Waals surface area contributed by atoms with Crippen molar-refractivity contribution in [3.63, 3.8) is 0 Å². The Labute approximate surface area is 225 Å². The maximum Gasteiger partial charge on any atom is 0.159 e. The number of fused-ring (bicyclic) bond motifs is 1. The van der Waals surface area contributed by atoms with E-state index in [2.05, 4.69) is 62.4 Å². The molecule has 0 bridgehead atoms. The predicted molar refractivity (Wildman–Crippen MR) is 155 cm³/mol. The van der Waals surface area contributed by atoms with Gasteiger partial charge in [-0.2, -0.15) is 0 Å². The van der Waals surface area contributed by atoms with Crippen LogP contribution < -0.4 is 4.74 Å². The number of unbranched alkanes of at least 4 members (excludes halogenated alkanes) is 10. The first-order chi connectivity index (χ1) is 18.2. The van der Waals surface area contributed by atoms with Crippen molar-refractivity contribution in [3.05, 3.63) is 77.6 Å². The highest BCUT2D eigenvalue weighted by Gasteiger charge is 2.40. The van der Waals surface area contributed by atoms with Crippen LogP contribution in [0.15, 0.2) is 60.9 Å². The van der Waals surface area contributed by atoms with Crippen LogP contribution in [0.3, 0.4) is 0 Å². The monoisotopic (exact) mass is 498 g/mol. The Hall–Kier alpha value is -2.68. The fourth-order valence-corrected chi connectivity index (χ4v) is 5.60. The molecule has 1 unspecified atom stereocenters. The summed E-state index contributed by atoms with van der Waals surface area (Å²) in [4.78, 5) is 9.39. The highest BCUT2D eigenvalue weighted by molar-refractivity contribution is 5.56. The number of aromatic nitrogens is 2. The minimum Gasteiger partial charge on any atom is -0.482 e. The lowest BCUT2D eigenvalue weighted by molar-refractivity contribution is 0.0791. The molecule has 2 heterocycles.